The van der Waals surface area contributed by atoms with E-state index in [0.29, 0.717) is 24.2 Å². The van der Waals surface area contributed by atoms with E-state index in [2.05, 4.69) is 10.6 Å². The summed E-state index contributed by atoms with van der Waals surface area (Å²) in [5.74, 6) is -1.24. The highest BCUT2D eigenvalue weighted by Gasteiger charge is 2.24. The number of benzene rings is 1. The van der Waals surface area contributed by atoms with Crippen molar-refractivity contribution in [1.82, 2.24) is 5.32 Å². The van der Waals surface area contributed by atoms with Crippen molar-refractivity contribution in [2.45, 2.75) is 44.6 Å². The summed E-state index contributed by atoms with van der Waals surface area (Å²) >= 11 is 0. The number of hydrogen-bond donors (Lipinski definition) is 4. The molecular formula is C18H25N3O4. The van der Waals surface area contributed by atoms with E-state index in [0.717, 1.165) is 25.7 Å². The Bertz CT molecular complexity index is 625. The van der Waals surface area contributed by atoms with Gasteiger partial charge in [0.25, 0.3) is 5.91 Å². The van der Waals surface area contributed by atoms with Gasteiger partial charge in [-0.25, -0.2) is 0 Å². The second-order valence-corrected chi connectivity index (χ2v) is 6.43. The number of carboxylic acid groups (broad SMARTS) is 1. The predicted octanol–water partition coefficient (Wildman–Crippen LogP) is 1.74. The maximum absolute atomic E-state index is 12.3. The second-order valence-electron chi connectivity index (χ2n) is 6.43. The van der Waals surface area contributed by atoms with Crippen LogP contribution in [0.1, 0.15) is 48.9 Å². The van der Waals surface area contributed by atoms with E-state index in [-0.39, 0.29) is 30.2 Å². The minimum atomic E-state index is -0.886. The molecule has 0 saturated heterocycles. The van der Waals surface area contributed by atoms with Crippen molar-refractivity contribution in [3.63, 3.8) is 0 Å². The molecule has 1 aliphatic rings. The third-order valence-electron chi connectivity index (χ3n) is 4.39. The molecule has 0 radical (unpaired) electrons. The Hall–Kier alpha value is -2.41. The summed E-state index contributed by atoms with van der Waals surface area (Å²) in [5.41, 5.74) is 6.87. The Balaban J connectivity index is 1.86. The summed E-state index contributed by atoms with van der Waals surface area (Å²) in [6, 6.07) is 6.92. The molecule has 7 heteroatoms. The zero-order valence-electron chi connectivity index (χ0n) is 14.2. The van der Waals surface area contributed by atoms with Gasteiger partial charge in [-0.1, -0.05) is 6.07 Å². The summed E-state index contributed by atoms with van der Waals surface area (Å²) in [5, 5.41) is 14.1. The van der Waals surface area contributed by atoms with Crippen LogP contribution in [0.3, 0.4) is 0 Å². The fraction of sp³-hybridized carbons (Fsp3) is 0.500. The van der Waals surface area contributed by atoms with Gasteiger partial charge in [-0.2, -0.15) is 0 Å². The molecule has 5 N–H and O–H groups in total. The summed E-state index contributed by atoms with van der Waals surface area (Å²) in [4.78, 5) is 34.9. The van der Waals surface area contributed by atoms with Gasteiger partial charge in [-0.3, -0.25) is 14.4 Å². The molecule has 1 saturated carbocycles. The lowest BCUT2D eigenvalue weighted by atomic mass is 9.86. The molecule has 0 heterocycles. The zero-order valence-corrected chi connectivity index (χ0v) is 14.2. The van der Waals surface area contributed by atoms with Crippen LogP contribution in [0.15, 0.2) is 24.3 Å². The normalized spacial score (nSPS) is 19.9. The van der Waals surface area contributed by atoms with Gasteiger partial charge in [0, 0.05) is 36.2 Å². The number of nitrogens with two attached hydrogens (primary N) is 1. The predicted molar refractivity (Wildman–Crippen MR) is 94.2 cm³/mol. The van der Waals surface area contributed by atoms with E-state index >= 15 is 0 Å². The second kappa shape index (κ2) is 9.17. The molecule has 0 bridgehead atoms. The Kier molecular flexibility index (Phi) is 6.94. The first-order valence-corrected chi connectivity index (χ1v) is 8.62. The van der Waals surface area contributed by atoms with Gasteiger partial charge < -0.3 is 21.5 Å². The Morgan fingerprint density at radius 1 is 1.16 bits per heavy atom. The van der Waals surface area contributed by atoms with Crippen molar-refractivity contribution >= 4 is 23.5 Å². The highest BCUT2D eigenvalue weighted by molar-refractivity contribution is 5.97. The van der Waals surface area contributed by atoms with E-state index in [1.165, 1.54) is 0 Å². The van der Waals surface area contributed by atoms with Crippen molar-refractivity contribution in [2.24, 2.45) is 11.7 Å². The molecule has 2 rings (SSSR count). The van der Waals surface area contributed by atoms with Crippen molar-refractivity contribution in [1.29, 1.82) is 0 Å². The summed E-state index contributed by atoms with van der Waals surface area (Å²) < 4.78 is 0. The van der Waals surface area contributed by atoms with Crippen molar-refractivity contribution < 1.29 is 19.5 Å². The first-order chi connectivity index (χ1) is 12.0. The van der Waals surface area contributed by atoms with Crippen LogP contribution in [0.2, 0.25) is 0 Å². The third-order valence-corrected chi connectivity index (χ3v) is 4.39. The highest BCUT2D eigenvalue weighted by atomic mass is 16.4. The van der Waals surface area contributed by atoms with E-state index in [4.69, 9.17) is 10.8 Å². The van der Waals surface area contributed by atoms with Crippen LogP contribution >= 0.6 is 0 Å². The molecule has 1 fully saturated rings. The van der Waals surface area contributed by atoms with Crippen molar-refractivity contribution in [3.8, 4) is 0 Å². The SMILES string of the molecule is NC1CCC(C(=O)Nc2cccc(C(=O)NCCCC(=O)O)c2)CC1. The topological polar surface area (TPSA) is 122 Å². The molecule has 25 heavy (non-hydrogen) atoms. The lowest BCUT2D eigenvalue weighted by molar-refractivity contribution is -0.137. The number of carbonyl (C=O) groups excluding carboxylic acids is 2. The Labute approximate surface area is 147 Å². The van der Waals surface area contributed by atoms with Crippen LogP contribution in [-0.2, 0) is 9.59 Å². The van der Waals surface area contributed by atoms with Gasteiger partial charge in [-0.05, 0) is 50.3 Å². The van der Waals surface area contributed by atoms with Gasteiger partial charge >= 0.3 is 5.97 Å². The fourth-order valence-electron chi connectivity index (χ4n) is 2.91. The number of carbonyl (C=O) groups is 3. The van der Waals surface area contributed by atoms with Gasteiger partial charge in [0.15, 0.2) is 0 Å². The molecule has 1 aromatic rings. The average Bonchev–Trinajstić information content (AvgIpc) is 2.59. The zero-order chi connectivity index (χ0) is 18.2. The molecule has 7 nitrogen and oxygen atoms in total. The molecule has 1 aromatic carbocycles. The smallest absolute Gasteiger partial charge is 0.303 e. The van der Waals surface area contributed by atoms with E-state index in [9.17, 15) is 14.4 Å². The van der Waals surface area contributed by atoms with Crippen LogP contribution < -0.4 is 16.4 Å². The molecule has 0 unspecified atom stereocenters. The first kappa shape index (κ1) is 18.9. The van der Waals surface area contributed by atoms with Crippen LogP contribution in [0.4, 0.5) is 5.69 Å². The molecule has 0 spiro atoms. The third kappa shape index (κ3) is 6.19. The Morgan fingerprint density at radius 2 is 1.88 bits per heavy atom. The van der Waals surface area contributed by atoms with E-state index < -0.39 is 5.97 Å². The number of amides is 2. The van der Waals surface area contributed by atoms with Gasteiger partial charge in [0.05, 0.1) is 0 Å². The number of nitrogens with one attached hydrogen (secondary N) is 2. The largest absolute Gasteiger partial charge is 0.481 e. The summed E-state index contributed by atoms with van der Waals surface area (Å²) in [7, 11) is 0. The summed E-state index contributed by atoms with van der Waals surface area (Å²) in [6.07, 6.45) is 3.68. The standard InChI is InChI=1S/C18H25N3O4/c19-14-8-6-12(7-9-14)18(25)21-15-4-1-3-13(11-15)17(24)20-10-2-5-16(22)23/h1,3-4,11-12,14H,2,5-10,19H2,(H,20,24)(H,21,25)(H,22,23). The quantitative estimate of drug-likeness (QED) is 0.560. The minimum Gasteiger partial charge on any atom is -0.481 e. The molecule has 0 atom stereocenters. The molecule has 2 amide bonds. The Morgan fingerprint density at radius 3 is 2.56 bits per heavy atom. The minimum absolute atomic E-state index is 0.0153. The molecule has 136 valence electrons. The average molecular weight is 347 g/mol. The first-order valence-electron chi connectivity index (χ1n) is 8.62. The molecule has 0 aliphatic heterocycles. The van der Waals surface area contributed by atoms with E-state index in [1.54, 1.807) is 24.3 Å². The monoisotopic (exact) mass is 347 g/mol. The van der Waals surface area contributed by atoms with Crippen LogP contribution in [0.5, 0.6) is 0 Å². The molecular weight excluding hydrogens is 322 g/mol. The number of anilines is 1. The lowest BCUT2D eigenvalue weighted by Crippen LogP contribution is -2.32. The maximum Gasteiger partial charge on any atom is 0.303 e. The van der Waals surface area contributed by atoms with Crippen molar-refractivity contribution in [2.75, 3.05) is 11.9 Å². The van der Waals surface area contributed by atoms with Crippen molar-refractivity contribution in [3.05, 3.63) is 29.8 Å². The van der Waals surface area contributed by atoms with Gasteiger partial charge in [0.1, 0.15) is 0 Å². The van der Waals surface area contributed by atoms with E-state index in [1.807, 2.05) is 0 Å². The highest BCUT2D eigenvalue weighted by Crippen LogP contribution is 2.24. The van der Waals surface area contributed by atoms with Gasteiger partial charge in [-0.15, -0.1) is 0 Å². The van der Waals surface area contributed by atoms with Crippen LogP contribution in [-0.4, -0.2) is 35.5 Å². The van der Waals surface area contributed by atoms with Crippen LogP contribution in [0, 0.1) is 5.92 Å². The number of hydrogen-bond acceptors (Lipinski definition) is 4. The number of aliphatic carboxylic acids is 1. The number of rotatable bonds is 7. The number of carboxylic acids is 1. The van der Waals surface area contributed by atoms with Gasteiger partial charge in [0.2, 0.25) is 5.91 Å². The molecule has 0 aromatic heterocycles. The van der Waals surface area contributed by atoms with Crippen LogP contribution in [0.25, 0.3) is 0 Å². The lowest BCUT2D eigenvalue weighted by Gasteiger charge is -2.25. The molecule has 1 aliphatic carbocycles. The fourth-order valence-corrected chi connectivity index (χ4v) is 2.91. The summed E-state index contributed by atoms with van der Waals surface area (Å²) in [6.45, 7) is 0.296. The maximum atomic E-state index is 12.3.